The van der Waals surface area contributed by atoms with Crippen LogP contribution in [0.4, 0.5) is 0 Å². The molecule has 0 bridgehead atoms. The van der Waals surface area contributed by atoms with Crippen molar-refractivity contribution in [1.82, 2.24) is 25.1 Å². The maximum absolute atomic E-state index is 6.35. The molecule has 7 nitrogen and oxygen atoms in total. The molecule has 3 heterocycles. The van der Waals surface area contributed by atoms with E-state index in [9.17, 15) is 0 Å². The van der Waals surface area contributed by atoms with Crippen LogP contribution in [0.25, 0.3) is 21.8 Å². The molecule has 0 aliphatic heterocycles. The Morgan fingerprint density at radius 3 is 2.67 bits per heavy atom. The van der Waals surface area contributed by atoms with Gasteiger partial charge in [0.1, 0.15) is 16.2 Å². The van der Waals surface area contributed by atoms with Crippen LogP contribution in [-0.4, -0.2) is 33.4 Å². The van der Waals surface area contributed by atoms with Crippen molar-refractivity contribution in [2.24, 2.45) is 0 Å². The maximum Gasteiger partial charge on any atom is 0.257 e. The summed E-state index contributed by atoms with van der Waals surface area (Å²) in [5, 5.41) is 10.3. The SMILES string of the molecule is CC(C)(C)[Si](C)(C)OCc1cc2cnc(Cl)cc2c(On2nnc3ccccc32)n1. The van der Waals surface area contributed by atoms with Crippen LogP contribution in [-0.2, 0) is 11.0 Å². The van der Waals surface area contributed by atoms with Gasteiger partial charge in [0.2, 0.25) is 0 Å². The average Bonchev–Trinajstić information content (AvgIpc) is 3.09. The highest BCUT2D eigenvalue weighted by Gasteiger charge is 2.37. The number of hydrogen-bond acceptors (Lipinski definition) is 6. The zero-order valence-corrected chi connectivity index (χ0v) is 19.4. The summed E-state index contributed by atoms with van der Waals surface area (Å²) in [6.07, 6.45) is 1.71. The maximum atomic E-state index is 6.35. The Labute approximate surface area is 181 Å². The normalized spacial score (nSPS) is 12.6. The first-order valence-corrected chi connectivity index (χ1v) is 13.0. The zero-order valence-electron chi connectivity index (χ0n) is 17.7. The van der Waals surface area contributed by atoms with E-state index in [1.165, 1.54) is 4.85 Å². The van der Waals surface area contributed by atoms with E-state index in [0.29, 0.717) is 17.6 Å². The highest BCUT2D eigenvalue weighted by atomic mass is 35.5. The average molecular weight is 442 g/mol. The Morgan fingerprint density at radius 1 is 1.13 bits per heavy atom. The third-order valence-electron chi connectivity index (χ3n) is 5.58. The van der Waals surface area contributed by atoms with Gasteiger partial charge in [-0.25, -0.2) is 9.97 Å². The highest BCUT2D eigenvalue weighted by molar-refractivity contribution is 6.74. The molecule has 0 aliphatic carbocycles. The summed E-state index contributed by atoms with van der Waals surface area (Å²) in [5.74, 6) is 0.376. The lowest BCUT2D eigenvalue weighted by Gasteiger charge is -2.36. The third kappa shape index (κ3) is 4.03. The minimum atomic E-state index is -1.93. The van der Waals surface area contributed by atoms with E-state index in [4.69, 9.17) is 25.8 Å². The van der Waals surface area contributed by atoms with Crippen LogP contribution in [0.3, 0.4) is 0 Å². The monoisotopic (exact) mass is 441 g/mol. The Balaban J connectivity index is 1.73. The number of pyridine rings is 2. The summed E-state index contributed by atoms with van der Waals surface area (Å²) in [4.78, 5) is 16.3. The Morgan fingerprint density at radius 2 is 1.90 bits per heavy atom. The summed E-state index contributed by atoms with van der Waals surface area (Å²) in [6.45, 7) is 11.5. The van der Waals surface area contributed by atoms with Crippen molar-refractivity contribution in [3.63, 3.8) is 0 Å². The molecule has 3 aromatic heterocycles. The molecule has 0 aliphatic rings. The third-order valence-corrected chi connectivity index (χ3v) is 10.3. The predicted molar refractivity (Wildman–Crippen MR) is 120 cm³/mol. The summed E-state index contributed by atoms with van der Waals surface area (Å²) in [7, 11) is -1.93. The lowest BCUT2D eigenvalue weighted by molar-refractivity contribution is 0.177. The molecule has 0 saturated heterocycles. The lowest BCUT2D eigenvalue weighted by atomic mass is 10.2. The molecule has 0 saturated carbocycles. The van der Waals surface area contributed by atoms with Crippen LogP contribution in [0.2, 0.25) is 23.3 Å². The molecule has 0 spiro atoms. The largest absolute Gasteiger partial charge is 0.411 e. The van der Waals surface area contributed by atoms with E-state index in [0.717, 1.165) is 27.5 Å². The highest BCUT2D eigenvalue weighted by Crippen LogP contribution is 2.37. The van der Waals surface area contributed by atoms with Crippen LogP contribution in [0.1, 0.15) is 26.5 Å². The molecule has 0 unspecified atom stereocenters. The molecule has 156 valence electrons. The van der Waals surface area contributed by atoms with Crippen LogP contribution in [0, 0.1) is 0 Å². The molecule has 9 heteroatoms. The number of aromatic nitrogens is 5. The Kier molecular flexibility index (Phi) is 5.25. The topological polar surface area (TPSA) is 75.0 Å². The number of para-hydroxylation sites is 1. The van der Waals surface area contributed by atoms with Gasteiger partial charge in [0.05, 0.1) is 17.7 Å². The molecule has 0 radical (unpaired) electrons. The number of hydrogen-bond donors (Lipinski definition) is 0. The standard InChI is InChI=1S/C21H24ClN5O2Si/c1-21(2,3)30(4,5)28-13-15-10-14-12-23-19(22)11-16(14)20(24-15)29-27-18-9-7-6-8-17(18)25-26-27/h6-12H,13H2,1-5H3. The van der Waals surface area contributed by atoms with Gasteiger partial charge in [-0.1, -0.05) is 49.3 Å². The van der Waals surface area contributed by atoms with Crippen molar-refractivity contribution in [1.29, 1.82) is 0 Å². The van der Waals surface area contributed by atoms with Gasteiger partial charge in [0, 0.05) is 11.6 Å². The molecule has 0 atom stereocenters. The van der Waals surface area contributed by atoms with E-state index in [1.54, 1.807) is 12.3 Å². The lowest BCUT2D eigenvalue weighted by Crippen LogP contribution is -2.40. The van der Waals surface area contributed by atoms with Crippen molar-refractivity contribution < 1.29 is 9.26 Å². The molecule has 0 amide bonds. The Bertz CT molecular complexity index is 1220. The Hall–Kier alpha value is -2.55. The smallest absolute Gasteiger partial charge is 0.257 e. The molecule has 0 fully saturated rings. The second-order valence-electron chi connectivity index (χ2n) is 8.74. The summed E-state index contributed by atoms with van der Waals surface area (Å²) >= 11 is 6.13. The van der Waals surface area contributed by atoms with Crippen molar-refractivity contribution in [2.45, 2.75) is 45.5 Å². The van der Waals surface area contributed by atoms with E-state index in [1.807, 2.05) is 30.3 Å². The van der Waals surface area contributed by atoms with E-state index in [2.05, 4.69) is 49.2 Å². The molecular formula is C21H24ClN5O2Si. The van der Waals surface area contributed by atoms with E-state index >= 15 is 0 Å². The van der Waals surface area contributed by atoms with Crippen molar-refractivity contribution in [2.75, 3.05) is 0 Å². The van der Waals surface area contributed by atoms with E-state index < -0.39 is 8.32 Å². The number of rotatable bonds is 5. The first-order chi connectivity index (χ1) is 14.1. The number of fused-ring (bicyclic) bond motifs is 2. The number of halogens is 1. The summed E-state index contributed by atoms with van der Waals surface area (Å²) in [6, 6.07) is 11.3. The van der Waals surface area contributed by atoms with Gasteiger partial charge >= 0.3 is 0 Å². The van der Waals surface area contributed by atoms with Gasteiger partial charge in [-0.05, 0) is 47.6 Å². The second-order valence-corrected chi connectivity index (χ2v) is 13.9. The van der Waals surface area contributed by atoms with Crippen molar-refractivity contribution in [3.05, 3.63) is 53.4 Å². The zero-order chi connectivity index (χ0) is 21.5. The molecule has 1 aromatic carbocycles. The van der Waals surface area contributed by atoms with Crippen LogP contribution < -0.4 is 4.84 Å². The van der Waals surface area contributed by atoms with Crippen LogP contribution >= 0.6 is 11.6 Å². The fourth-order valence-corrected chi connectivity index (χ4v) is 3.85. The number of nitrogens with zero attached hydrogens (tertiary/aromatic N) is 5. The molecule has 0 N–H and O–H groups in total. The fraction of sp³-hybridized carbons (Fsp3) is 0.333. The summed E-state index contributed by atoms with van der Waals surface area (Å²) < 4.78 is 6.35. The molecule has 30 heavy (non-hydrogen) atoms. The molecular weight excluding hydrogens is 418 g/mol. The van der Waals surface area contributed by atoms with Crippen molar-refractivity contribution >= 4 is 41.7 Å². The minimum Gasteiger partial charge on any atom is -0.411 e. The first-order valence-electron chi connectivity index (χ1n) is 9.72. The molecule has 4 aromatic rings. The fourth-order valence-electron chi connectivity index (χ4n) is 2.75. The van der Waals surface area contributed by atoms with Gasteiger partial charge in [-0.2, -0.15) is 0 Å². The van der Waals surface area contributed by atoms with Crippen molar-refractivity contribution in [3.8, 4) is 5.88 Å². The van der Waals surface area contributed by atoms with E-state index in [-0.39, 0.29) is 5.04 Å². The van der Waals surface area contributed by atoms with Gasteiger partial charge < -0.3 is 9.26 Å². The first kappa shape index (κ1) is 20.7. The molecule has 4 rings (SSSR count). The number of benzene rings is 1. The van der Waals surface area contributed by atoms with Gasteiger partial charge in [-0.3, -0.25) is 0 Å². The quantitative estimate of drug-likeness (QED) is 0.305. The van der Waals surface area contributed by atoms with Gasteiger partial charge in [0.25, 0.3) is 5.88 Å². The van der Waals surface area contributed by atoms with Crippen LogP contribution in [0.5, 0.6) is 5.88 Å². The minimum absolute atomic E-state index is 0.109. The van der Waals surface area contributed by atoms with Crippen LogP contribution in [0.15, 0.2) is 42.6 Å². The second kappa shape index (κ2) is 7.61. The van der Waals surface area contributed by atoms with Gasteiger partial charge in [-0.15, -0.1) is 5.10 Å². The summed E-state index contributed by atoms with van der Waals surface area (Å²) in [5.41, 5.74) is 2.24. The predicted octanol–water partition coefficient (Wildman–Crippen LogP) is 5.39. The van der Waals surface area contributed by atoms with Gasteiger partial charge in [0.15, 0.2) is 8.32 Å².